The van der Waals surface area contributed by atoms with Crippen molar-refractivity contribution < 1.29 is 9.53 Å². The van der Waals surface area contributed by atoms with Gasteiger partial charge in [-0.15, -0.1) is 0 Å². The maximum absolute atomic E-state index is 10.9. The fraction of sp³-hybridized carbons (Fsp3) is 0.500. The van der Waals surface area contributed by atoms with E-state index in [0.717, 1.165) is 0 Å². The largest absolute Gasteiger partial charge is 0.443 e. The lowest BCUT2D eigenvalue weighted by atomic mass is 10.2. The van der Waals surface area contributed by atoms with Gasteiger partial charge in [0.25, 0.3) is 0 Å². The van der Waals surface area contributed by atoms with E-state index in [0.29, 0.717) is 0 Å². The number of carbonyl (C=O) groups excluding carboxylic acids is 1. The Morgan fingerprint density at radius 1 is 1.58 bits per heavy atom. The minimum Gasteiger partial charge on any atom is -0.443 e. The van der Waals surface area contributed by atoms with Gasteiger partial charge in [0.1, 0.15) is 5.60 Å². The second-order valence-corrected chi connectivity index (χ2v) is 3.13. The standard InChI is InChI=1S/C8H14N2O2/c1-5-6-9-10-7(11)12-8(2,3)4/h5-6H,1H2,2-4H3,(H,10,11). The van der Waals surface area contributed by atoms with Gasteiger partial charge in [0.2, 0.25) is 0 Å². The van der Waals surface area contributed by atoms with Gasteiger partial charge >= 0.3 is 6.09 Å². The topological polar surface area (TPSA) is 50.7 Å². The number of ether oxygens (including phenoxy) is 1. The zero-order chi connectivity index (χ0) is 9.61. The Morgan fingerprint density at radius 3 is 2.58 bits per heavy atom. The number of allylic oxidation sites excluding steroid dienone is 1. The van der Waals surface area contributed by atoms with Gasteiger partial charge in [-0.1, -0.05) is 6.58 Å². The summed E-state index contributed by atoms with van der Waals surface area (Å²) >= 11 is 0. The van der Waals surface area contributed by atoms with E-state index < -0.39 is 11.7 Å². The molecule has 0 saturated carbocycles. The first-order valence-corrected chi connectivity index (χ1v) is 3.59. The highest BCUT2D eigenvalue weighted by atomic mass is 16.6. The first-order valence-electron chi connectivity index (χ1n) is 3.59. The number of carbonyl (C=O) groups is 1. The lowest BCUT2D eigenvalue weighted by Gasteiger charge is -2.18. The van der Waals surface area contributed by atoms with E-state index in [9.17, 15) is 4.79 Å². The molecule has 0 saturated heterocycles. The van der Waals surface area contributed by atoms with Crippen molar-refractivity contribution in [2.45, 2.75) is 26.4 Å². The number of nitrogens with zero attached hydrogens (tertiary/aromatic N) is 1. The SMILES string of the molecule is C=CC=NNC(=O)OC(C)(C)C. The van der Waals surface area contributed by atoms with E-state index >= 15 is 0 Å². The number of nitrogens with one attached hydrogen (secondary N) is 1. The van der Waals surface area contributed by atoms with Crippen molar-refractivity contribution in [2.24, 2.45) is 5.10 Å². The van der Waals surface area contributed by atoms with E-state index in [4.69, 9.17) is 4.74 Å². The highest BCUT2D eigenvalue weighted by molar-refractivity contribution is 5.73. The summed E-state index contributed by atoms with van der Waals surface area (Å²) in [5.74, 6) is 0. The van der Waals surface area contributed by atoms with Crippen molar-refractivity contribution in [2.75, 3.05) is 0 Å². The molecule has 0 bridgehead atoms. The molecule has 0 rings (SSSR count). The second kappa shape index (κ2) is 4.54. The van der Waals surface area contributed by atoms with Gasteiger partial charge in [-0.2, -0.15) is 5.10 Å². The van der Waals surface area contributed by atoms with E-state index in [-0.39, 0.29) is 0 Å². The molecule has 0 aliphatic heterocycles. The summed E-state index contributed by atoms with van der Waals surface area (Å²) in [6, 6.07) is 0. The zero-order valence-electron chi connectivity index (χ0n) is 7.63. The Hall–Kier alpha value is -1.32. The van der Waals surface area contributed by atoms with Crippen LogP contribution in [0.2, 0.25) is 0 Å². The van der Waals surface area contributed by atoms with Gasteiger partial charge in [-0.05, 0) is 26.8 Å². The first kappa shape index (κ1) is 10.7. The molecule has 0 aromatic heterocycles. The normalized spacial score (nSPS) is 11.2. The average Bonchev–Trinajstić information content (AvgIpc) is 1.84. The van der Waals surface area contributed by atoms with Crippen LogP contribution in [0.15, 0.2) is 17.8 Å². The fourth-order valence-electron chi connectivity index (χ4n) is 0.444. The smallest absolute Gasteiger partial charge is 0.428 e. The Morgan fingerprint density at radius 2 is 2.17 bits per heavy atom. The summed E-state index contributed by atoms with van der Waals surface area (Å²) in [7, 11) is 0. The number of rotatable bonds is 2. The van der Waals surface area contributed by atoms with Crippen LogP contribution in [-0.4, -0.2) is 17.9 Å². The van der Waals surface area contributed by atoms with E-state index in [1.54, 1.807) is 20.8 Å². The molecule has 0 aromatic rings. The second-order valence-electron chi connectivity index (χ2n) is 3.13. The predicted molar refractivity (Wildman–Crippen MR) is 48.1 cm³/mol. The minimum absolute atomic E-state index is 0.492. The lowest BCUT2D eigenvalue weighted by Crippen LogP contribution is -2.29. The van der Waals surface area contributed by atoms with Crippen LogP contribution in [0.1, 0.15) is 20.8 Å². The molecular weight excluding hydrogens is 156 g/mol. The quantitative estimate of drug-likeness (QED) is 0.506. The van der Waals surface area contributed by atoms with Gasteiger partial charge < -0.3 is 4.74 Å². The monoisotopic (exact) mass is 170 g/mol. The molecule has 4 heteroatoms. The number of hydrogen-bond donors (Lipinski definition) is 1. The number of hydrazone groups is 1. The predicted octanol–water partition coefficient (Wildman–Crippen LogP) is 1.68. The third-order valence-electron chi connectivity index (χ3n) is 0.735. The van der Waals surface area contributed by atoms with Crippen molar-refractivity contribution in [3.8, 4) is 0 Å². The maximum Gasteiger partial charge on any atom is 0.428 e. The van der Waals surface area contributed by atoms with Gasteiger partial charge in [-0.25, -0.2) is 10.2 Å². The molecule has 0 aromatic carbocycles. The minimum atomic E-state index is -0.569. The van der Waals surface area contributed by atoms with Gasteiger partial charge in [0.15, 0.2) is 0 Å². The zero-order valence-corrected chi connectivity index (χ0v) is 7.63. The summed E-state index contributed by atoms with van der Waals surface area (Å²) in [6.07, 6.45) is 2.25. The first-order chi connectivity index (χ1) is 5.45. The highest BCUT2D eigenvalue weighted by Crippen LogP contribution is 2.05. The third-order valence-corrected chi connectivity index (χ3v) is 0.735. The van der Waals surface area contributed by atoms with Crippen LogP contribution in [0.5, 0.6) is 0 Å². The highest BCUT2D eigenvalue weighted by Gasteiger charge is 2.14. The van der Waals surface area contributed by atoms with E-state index in [1.165, 1.54) is 12.3 Å². The van der Waals surface area contributed by atoms with Crippen LogP contribution in [0.25, 0.3) is 0 Å². The van der Waals surface area contributed by atoms with E-state index in [1.807, 2.05) is 0 Å². The Kier molecular flexibility index (Phi) is 4.04. The molecule has 0 radical (unpaired) electrons. The Bertz CT molecular complexity index is 192. The van der Waals surface area contributed by atoms with Crippen LogP contribution in [-0.2, 0) is 4.74 Å². The summed E-state index contributed by atoms with van der Waals surface area (Å²) in [5.41, 5.74) is 1.68. The maximum atomic E-state index is 10.9. The molecular formula is C8H14N2O2. The molecule has 0 fully saturated rings. The van der Waals surface area contributed by atoms with Gasteiger partial charge in [0, 0.05) is 6.21 Å². The molecule has 1 amide bonds. The van der Waals surface area contributed by atoms with Crippen LogP contribution in [0.4, 0.5) is 4.79 Å². The lowest BCUT2D eigenvalue weighted by molar-refractivity contribution is 0.0529. The summed E-state index contributed by atoms with van der Waals surface area (Å²) in [6.45, 7) is 8.74. The summed E-state index contributed by atoms with van der Waals surface area (Å²) in [5, 5.41) is 3.51. The van der Waals surface area contributed by atoms with Crippen LogP contribution >= 0.6 is 0 Å². The molecule has 0 aliphatic carbocycles. The van der Waals surface area contributed by atoms with Crippen LogP contribution in [0, 0.1) is 0 Å². The average molecular weight is 170 g/mol. The number of amides is 1. The third kappa shape index (κ3) is 6.80. The molecule has 0 spiro atoms. The number of hydrogen-bond acceptors (Lipinski definition) is 3. The molecule has 4 nitrogen and oxygen atoms in total. The van der Waals surface area contributed by atoms with Crippen LogP contribution < -0.4 is 5.43 Å². The summed E-state index contributed by atoms with van der Waals surface area (Å²) < 4.78 is 4.89. The molecule has 68 valence electrons. The molecule has 0 unspecified atom stereocenters. The Labute approximate surface area is 72.3 Å². The van der Waals surface area contributed by atoms with Crippen molar-refractivity contribution in [1.82, 2.24) is 5.43 Å². The molecule has 1 N–H and O–H groups in total. The van der Waals surface area contributed by atoms with Crippen LogP contribution in [0.3, 0.4) is 0 Å². The van der Waals surface area contributed by atoms with Crippen molar-refractivity contribution >= 4 is 12.3 Å². The Balaban J connectivity index is 3.75. The van der Waals surface area contributed by atoms with Crippen molar-refractivity contribution in [3.05, 3.63) is 12.7 Å². The van der Waals surface area contributed by atoms with Gasteiger partial charge in [0.05, 0.1) is 0 Å². The molecule has 0 heterocycles. The van der Waals surface area contributed by atoms with Crippen molar-refractivity contribution in [3.63, 3.8) is 0 Å². The van der Waals surface area contributed by atoms with E-state index in [2.05, 4.69) is 17.1 Å². The molecule has 0 atom stereocenters. The fourth-order valence-corrected chi connectivity index (χ4v) is 0.444. The molecule has 12 heavy (non-hydrogen) atoms. The van der Waals surface area contributed by atoms with Gasteiger partial charge in [-0.3, -0.25) is 0 Å². The van der Waals surface area contributed by atoms with Crippen molar-refractivity contribution in [1.29, 1.82) is 0 Å². The summed E-state index contributed by atoms with van der Waals surface area (Å²) in [4.78, 5) is 10.9. The molecule has 0 aliphatic rings.